The maximum atomic E-state index is 10.7. The van der Waals surface area contributed by atoms with Crippen molar-refractivity contribution in [1.29, 1.82) is 0 Å². The van der Waals surface area contributed by atoms with E-state index in [4.69, 9.17) is 0 Å². The van der Waals surface area contributed by atoms with Gasteiger partial charge < -0.3 is 15.3 Å². The minimum Gasteiger partial charge on any atom is -0.392 e. The predicted molar refractivity (Wildman–Crippen MR) is 138 cm³/mol. The molecular formula is C30H50O3. The first-order chi connectivity index (χ1) is 15.5. The van der Waals surface area contributed by atoms with Gasteiger partial charge in [-0.2, -0.15) is 0 Å². The molecule has 0 amide bonds. The molecule has 0 aromatic carbocycles. The van der Waals surface area contributed by atoms with Crippen LogP contribution in [0.5, 0.6) is 0 Å². The fourth-order valence-corrected chi connectivity index (χ4v) is 7.50. The van der Waals surface area contributed by atoms with Crippen LogP contribution in [0.25, 0.3) is 0 Å². The van der Waals surface area contributed by atoms with E-state index in [2.05, 4.69) is 39.5 Å². The van der Waals surface area contributed by atoms with Crippen molar-refractivity contribution < 1.29 is 15.3 Å². The average Bonchev–Trinajstić information content (AvgIpc) is 3.09. The van der Waals surface area contributed by atoms with E-state index in [1.807, 2.05) is 13.8 Å². The molecule has 0 radical (unpaired) electrons. The van der Waals surface area contributed by atoms with Crippen molar-refractivity contribution in [3.05, 3.63) is 35.5 Å². The molecule has 0 aliphatic heterocycles. The molecule has 0 aromatic heterocycles. The molecule has 1 unspecified atom stereocenters. The van der Waals surface area contributed by atoms with Crippen molar-refractivity contribution in [3.8, 4) is 0 Å². The Morgan fingerprint density at radius 1 is 1.21 bits per heavy atom. The summed E-state index contributed by atoms with van der Waals surface area (Å²) in [5.74, 6) is 2.01. The van der Waals surface area contributed by atoms with E-state index < -0.39 is 17.8 Å². The zero-order valence-electron chi connectivity index (χ0n) is 21.9. The third-order valence-corrected chi connectivity index (χ3v) is 9.39. The van der Waals surface area contributed by atoms with E-state index in [1.165, 1.54) is 38.5 Å². The second kappa shape index (κ2) is 10.8. The van der Waals surface area contributed by atoms with Crippen molar-refractivity contribution in [1.82, 2.24) is 0 Å². The number of aliphatic hydroxyl groups excluding tert-OH is 2. The Morgan fingerprint density at radius 3 is 2.61 bits per heavy atom. The lowest BCUT2D eigenvalue weighted by Crippen LogP contribution is -2.38. The molecule has 3 nitrogen and oxygen atoms in total. The molecule has 3 N–H and O–H groups in total. The first-order valence-corrected chi connectivity index (χ1v) is 13.6. The Kier molecular flexibility index (Phi) is 8.73. The fraction of sp³-hybridized carbons (Fsp3) is 0.800. The number of hydrogen-bond acceptors (Lipinski definition) is 3. The van der Waals surface area contributed by atoms with E-state index in [0.29, 0.717) is 23.7 Å². The van der Waals surface area contributed by atoms with E-state index in [-0.39, 0.29) is 5.92 Å². The maximum absolute atomic E-state index is 10.7. The van der Waals surface area contributed by atoms with Crippen LogP contribution >= 0.6 is 0 Å². The van der Waals surface area contributed by atoms with Crippen LogP contribution in [-0.4, -0.2) is 33.1 Å². The zero-order chi connectivity index (χ0) is 24.4. The molecule has 3 aliphatic carbocycles. The van der Waals surface area contributed by atoms with Crippen LogP contribution in [0.1, 0.15) is 105 Å². The second-order valence-corrected chi connectivity index (χ2v) is 12.4. The summed E-state index contributed by atoms with van der Waals surface area (Å²) >= 11 is 0. The van der Waals surface area contributed by atoms with Gasteiger partial charge in [0, 0.05) is 5.92 Å². The molecule has 7 atom stereocenters. The standard InChI is InChI=1S/C30H50O3/c1-7-10-24-27(31)19-23(21(3)28(24)32)14-13-22-12-9-18-30(6)25(15-16-26(22)30)20(2)11-8-17-29(4,5)33/h13-14,20,24-28,31-33H,3,7-12,15-19H2,1-2,4-6H3/b22-13?,23-14-/t20-,24-,25-,26?,27-,28+,30-/m1/s1. The van der Waals surface area contributed by atoms with Gasteiger partial charge in [-0.1, -0.05) is 64.3 Å². The average molecular weight is 459 g/mol. The van der Waals surface area contributed by atoms with Gasteiger partial charge in [0.2, 0.25) is 0 Å². The number of hydrogen-bond donors (Lipinski definition) is 3. The summed E-state index contributed by atoms with van der Waals surface area (Å²) in [4.78, 5) is 0. The van der Waals surface area contributed by atoms with E-state index in [1.54, 1.807) is 5.57 Å². The quantitative estimate of drug-likeness (QED) is 0.378. The van der Waals surface area contributed by atoms with Gasteiger partial charge in [0.05, 0.1) is 17.8 Å². The highest BCUT2D eigenvalue weighted by Crippen LogP contribution is 2.60. The minimum atomic E-state index is -0.629. The highest BCUT2D eigenvalue weighted by Gasteiger charge is 2.50. The van der Waals surface area contributed by atoms with Crippen LogP contribution in [0.15, 0.2) is 35.5 Å². The number of fused-ring (bicyclic) bond motifs is 1. The summed E-state index contributed by atoms with van der Waals surface area (Å²) < 4.78 is 0. The Bertz CT molecular complexity index is 742. The van der Waals surface area contributed by atoms with Crippen molar-refractivity contribution in [2.24, 2.45) is 29.1 Å². The van der Waals surface area contributed by atoms with Crippen LogP contribution in [0.3, 0.4) is 0 Å². The highest BCUT2D eigenvalue weighted by atomic mass is 16.3. The van der Waals surface area contributed by atoms with Crippen molar-refractivity contribution in [2.45, 2.75) is 123 Å². The molecule has 3 fully saturated rings. The van der Waals surface area contributed by atoms with Crippen molar-refractivity contribution in [2.75, 3.05) is 0 Å². The lowest BCUT2D eigenvalue weighted by molar-refractivity contribution is 0.0138. The first-order valence-electron chi connectivity index (χ1n) is 13.6. The largest absolute Gasteiger partial charge is 0.392 e. The molecule has 0 aromatic rings. The van der Waals surface area contributed by atoms with Crippen LogP contribution in [0.2, 0.25) is 0 Å². The topological polar surface area (TPSA) is 60.7 Å². The second-order valence-electron chi connectivity index (χ2n) is 12.4. The normalized spacial score (nSPS) is 38.7. The molecule has 0 bridgehead atoms. The number of allylic oxidation sites excluding steroid dienone is 3. The van der Waals surface area contributed by atoms with Crippen molar-refractivity contribution >= 4 is 0 Å². The Balaban J connectivity index is 1.70. The van der Waals surface area contributed by atoms with Gasteiger partial charge >= 0.3 is 0 Å². The Hall–Kier alpha value is -0.900. The smallest absolute Gasteiger partial charge is 0.0839 e. The summed E-state index contributed by atoms with van der Waals surface area (Å²) in [6.07, 6.45) is 15.3. The molecular weight excluding hydrogens is 408 g/mol. The fourth-order valence-electron chi connectivity index (χ4n) is 7.50. The van der Waals surface area contributed by atoms with Gasteiger partial charge in [-0.15, -0.1) is 0 Å². The van der Waals surface area contributed by atoms with E-state index in [9.17, 15) is 15.3 Å². The molecule has 3 aliphatic rings. The summed E-state index contributed by atoms with van der Waals surface area (Å²) in [5.41, 5.74) is 3.20. The zero-order valence-corrected chi connectivity index (χ0v) is 21.9. The lowest BCUT2D eigenvalue weighted by Gasteiger charge is -2.44. The van der Waals surface area contributed by atoms with Gasteiger partial charge in [0.1, 0.15) is 0 Å². The molecule has 3 saturated carbocycles. The summed E-state index contributed by atoms with van der Waals surface area (Å²) in [6, 6.07) is 0. The van der Waals surface area contributed by atoms with E-state index in [0.717, 1.165) is 42.7 Å². The Morgan fingerprint density at radius 2 is 1.94 bits per heavy atom. The van der Waals surface area contributed by atoms with Crippen LogP contribution < -0.4 is 0 Å². The van der Waals surface area contributed by atoms with E-state index >= 15 is 0 Å². The lowest BCUT2D eigenvalue weighted by atomic mass is 9.60. The Labute approximate surface area is 203 Å². The third-order valence-electron chi connectivity index (χ3n) is 9.39. The number of aliphatic hydroxyl groups is 3. The third kappa shape index (κ3) is 6.03. The number of rotatable bonds is 8. The molecule has 0 spiro atoms. The SMILES string of the molecule is C=C1/C(=C\C=C2CCC[C@@]3(C)C2CC[C@@H]3[C@H](C)CCCC(C)(C)O)C[C@@H](O)[C@@H](CCC)[C@H]1O. The van der Waals surface area contributed by atoms with Crippen LogP contribution in [0.4, 0.5) is 0 Å². The van der Waals surface area contributed by atoms with Gasteiger partial charge in [0.25, 0.3) is 0 Å². The summed E-state index contributed by atoms with van der Waals surface area (Å²) in [5, 5.41) is 31.4. The predicted octanol–water partition coefficient (Wildman–Crippen LogP) is 6.73. The highest BCUT2D eigenvalue weighted by molar-refractivity contribution is 5.39. The molecule has 3 heteroatoms. The molecule has 188 valence electrons. The minimum absolute atomic E-state index is 0.0845. The van der Waals surface area contributed by atoms with Crippen LogP contribution in [-0.2, 0) is 0 Å². The van der Waals surface area contributed by atoms with Gasteiger partial charge in [-0.3, -0.25) is 0 Å². The van der Waals surface area contributed by atoms with Crippen LogP contribution in [0, 0.1) is 29.1 Å². The van der Waals surface area contributed by atoms with Gasteiger partial charge in [-0.05, 0) is 99.5 Å². The molecule has 0 saturated heterocycles. The molecule has 0 heterocycles. The first kappa shape index (κ1) is 26.7. The summed E-state index contributed by atoms with van der Waals surface area (Å²) in [6.45, 7) is 15.1. The summed E-state index contributed by atoms with van der Waals surface area (Å²) in [7, 11) is 0. The molecule has 3 rings (SSSR count). The van der Waals surface area contributed by atoms with Crippen molar-refractivity contribution in [3.63, 3.8) is 0 Å². The monoisotopic (exact) mass is 458 g/mol. The van der Waals surface area contributed by atoms with Gasteiger partial charge in [0.15, 0.2) is 0 Å². The molecule has 33 heavy (non-hydrogen) atoms. The van der Waals surface area contributed by atoms with Gasteiger partial charge in [-0.25, -0.2) is 0 Å². The maximum Gasteiger partial charge on any atom is 0.0839 e.